The van der Waals surface area contributed by atoms with E-state index >= 15 is 0 Å². The van der Waals surface area contributed by atoms with Gasteiger partial charge in [0.25, 0.3) is 0 Å². The van der Waals surface area contributed by atoms with Crippen LogP contribution in [0, 0.1) is 5.82 Å². The van der Waals surface area contributed by atoms with E-state index in [4.69, 9.17) is 4.74 Å². The topological polar surface area (TPSA) is 54.5 Å². The molecule has 1 aromatic carbocycles. The third kappa shape index (κ3) is 3.75. The van der Waals surface area contributed by atoms with Crippen LogP contribution in [0.15, 0.2) is 30.5 Å². The molecule has 24 heavy (non-hydrogen) atoms. The second kappa shape index (κ2) is 6.26. The maximum atomic E-state index is 13.8. The van der Waals surface area contributed by atoms with E-state index in [9.17, 15) is 9.18 Å². The number of nitrogens with one attached hydrogen (secondary N) is 1. The fraction of sp³-hybridized carbons (Fsp3) is 0.444. The molecule has 2 heterocycles. The zero-order valence-electron chi connectivity index (χ0n) is 14.2. The molecular weight excluding hydrogens is 309 g/mol. The summed E-state index contributed by atoms with van der Waals surface area (Å²) in [6.07, 6.45) is 2.13. The van der Waals surface area contributed by atoms with Crippen molar-refractivity contribution in [1.82, 2.24) is 9.88 Å². The van der Waals surface area contributed by atoms with Crippen molar-refractivity contribution in [3.8, 4) is 0 Å². The Balaban J connectivity index is 1.71. The summed E-state index contributed by atoms with van der Waals surface area (Å²) in [4.78, 5) is 18.0. The predicted molar refractivity (Wildman–Crippen MR) is 91.5 cm³/mol. The molecule has 0 spiro atoms. The number of ether oxygens (including phenoxy) is 1. The molecule has 1 saturated heterocycles. The van der Waals surface area contributed by atoms with Crippen molar-refractivity contribution < 1.29 is 13.9 Å². The quantitative estimate of drug-likeness (QED) is 0.909. The number of pyridine rings is 1. The molecule has 6 heteroatoms. The smallest absolute Gasteiger partial charge is 0.410 e. The van der Waals surface area contributed by atoms with Crippen molar-refractivity contribution in [1.29, 1.82) is 0 Å². The lowest BCUT2D eigenvalue weighted by atomic mass is 10.1. The molecule has 1 amide bonds. The van der Waals surface area contributed by atoms with E-state index in [1.54, 1.807) is 11.1 Å². The molecule has 1 aliphatic rings. The highest BCUT2D eigenvalue weighted by Gasteiger charge is 2.30. The van der Waals surface area contributed by atoms with Crippen LogP contribution in [0.4, 0.5) is 14.9 Å². The molecule has 0 radical (unpaired) electrons. The molecule has 128 valence electrons. The van der Waals surface area contributed by atoms with Gasteiger partial charge in [0.15, 0.2) is 0 Å². The number of aromatic nitrogens is 1. The minimum Gasteiger partial charge on any atom is -0.444 e. The molecule has 5 nitrogen and oxygen atoms in total. The molecular formula is C18H22FN3O2. The zero-order valence-corrected chi connectivity index (χ0v) is 14.2. The van der Waals surface area contributed by atoms with Gasteiger partial charge in [0.05, 0.1) is 5.52 Å². The number of benzene rings is 1. The molecule has 0 saturated carbocycles. The highest BCUT2D eigenvalue weighted by atomic mass is 19.1. The fourth-order valence-corrected chi connectivity index (χ4v) is 2.86. The van der Waals surface area contributed by atoms with Gasteiger partial charge >= 0.3 is 6.09 Å². The number of nitrogens with zero attached hydrogens (tertiary/aromatic N) is 2. The predicted octanol–water partition coefficient (Wildman–Crippen LogP) is 3.80. The second-order valence-corrected chi connectivity index (χ2v) is 7.08. The molecule has 1 fully saturated rings. The van der Waals surface area contributed by atoms with Crippen molar-refractivity contribution in [2.24, 2.45) is 0 Å². The van der Waals surface area contributed by atoms with Crippen molar-refractivity contribution in [2.75, 3.05) is 18.4 Å². The fourth-order valence-electron chi connectivity index (χ4n) is 2.86. The molecule has 1 aliphatic heterocycles. The summed E-state index contributed by atoms with van der Waals surface area (Å²) in [7, 11) is 0. The van der Waals surface area contributed by atoms with Gasteiger partial charge in [0, 0.05) is 42.5 Å². The molecule has 1 atom stereocenters. The van der Waals surface area contributed by atoms with Gasteiger partial charge in [-0.3, -0.25) is 4.98 Å². The first-order valence-electron chi connectivity index (χ1n) is 8.10. The van der Waals surface area contributed by atoms with E-state index in [1.165, 1.54) is 12.1 Å². The number of hydrogen-bond donors (Lipinski definition) is 1. The van der Waals surface area contributed by atoms with Gasteiger partial charge in [-0.05, 0) is 45.4 Å². The first kappa shape index (κ1) is 16.5. The van der Waals surface area contributed by atoms with Crippen LogP contribution in [0.3, 0.4) is 0 Å². The van der Waals surface area contributed by atoms with Crippen LogP contribution >= 0.6 is 0 Å². The highest BCUT2D eigenvalue weighted by molar-refractivity contribution is 5.91. The van der Waals surface area contributed by atoms with Gasteiger partial charge in [-0.15, -0.1) is 0 Å². The summed E-state index contributed by atoms with van der Waals surface area (Å²) in [6, 6.07) is 6.68. The van der Waals surface area contributed by atoms with E-state index in [1.807, 2.05) is 32.9 Å². The van der Waals surface area contributed by atoms with Crippen LogP contribution < -0.4 is 5.32 Å². The number of amides is 1. The lowest BCUT2D eigenvalue weighted by Crippen LogP contribution is -2.36. The molecule has 1 aromatic heterocycles. The van der Waals surface area contributed by atoms with E-state index in [2.05, 4.69) is 10.3 Å². The van der Waals surface area contributed by atoms with Crippen molar-refractivity contribution in [3.63, 3.8) is 0 Å². The zero-order chi connectivity index (χ0) is 17.3. The summed E-state index contributed by atoms with van der Waals surface area (Å²) in [5, 5.41) is 4.21. The molecule has 1 N–H and O–H groups in total. The number of fused-ring (bicyclic) bond motifs is 1. The van der Waals surface area contributed by atoms with Gasteiger partial charge in [-0.2, -0.15) is 0 Å². The summed E-state index contributed by atoms with van der Waals surface area (Å²) in [5.41, 5.74) is 0.809. The normalized spacial score (nSPS) is 18.0. The highest BCUT2D eigenvalue weighted by Crippen LogP contribution is 2.26. The van der Waals surface area contributed by atoms with E-state index < -0.39 is 5.60 Å². The van der Waals surface area contributed by atoms with Gasteiger partial charge in [-0.1, -0.05) is 0 Å². The summed E-state index contributed by atoms with van der Waals surface area (Å²) in [5.74, 6) is -0.328. The number of carbonyl (C=O) groups excluding carboxylic acids is 1. The maximum Gasteiger partial charge on any atom is 0.410 e. The van der Waals surface area contributed by atoms with Crippen LogP contribution in [0.25, 0.3) is 10.9 Å². The molecule has 3 rings (SSSR count). The van der Waals surface area contributed by atoms with Crippen molar-refractivity contribution in [2.45, 2.75) is 38.8 Å². The lowest BCUT2D eigenvalue weighted by Gasteiger charge is -2.24. The number of rotatable bonds is 2. The minimum absolute atomic E-state index is 0.0581. The standard InChI is InChI=1S/C18H22FN3O2/c1-18(2,3)24-17(23)22-8-6-13(11-22)21-16-10-12(19)9-15-14(16)5-4-7-20-15/h4-5,7,9-10,13,21H,6,8,11H2,1-3H3. The van der Waals surface area contributed by atoms with Gasteiger partial charge < -0.3 is 15.0 Å². The third-order valence-corrected chi connectivity index (χ3v) is 3.89. The maximum absolute atomic E-state index is 13.8. The summed E-state index contributed by atoms with van der Waals surface area (Å²) in [6.45, 7) is 6.71. The number of carbonyl (C=O) groups is 1. The summed E-state index contributed by atoms with van der Waals surface area (Å²) < 4.78 is 19.2. The Kier molecular flexibility index (Phi) is 4.30. The Labute approximate surface area is 140 Å². The van der Waals surface area contributed by atoms with Crippen molar-refractivity contribution in [3.05, 3.63) is 36.3 Å². The first-order valence-corrected chi connectivity index (χ1v) is 8.10. The van der Waals surface area contributed by atoms with Crippen LogP contribution in [-0.4, -0.2) is 40.7 Å². The summed E-state index contributed by atoms with van der Waals surface area (Å²) >= 11 is 0. The minimum atomic E-state index is -0.507. The van der Waals surface area contributed by atoms with Crippen molar-refractivity contribution >= 4 is 22.7 Å². The number of likely N-dealkylation sites (tertiary alicyclic amines) is 1. The largest absolute Gasteiger partial charge is 0.444 e. The average molecular weight is 331 g/mol. The number of anilines is 1. The third-order valence-electron chi connectivity index (χ3n) is 3.89. The average Bonchev–Trinajstić information content (AvgIpc) is 2.94. The van der Waals surface area contributed by atoms with Crippen LogP contribution in [-0.2, 0) is 4.74 Å². The number of halogens is 1. The van der Waals surface area contributed by atoms with E-state index in [0.29, 0.717) is 24.3 Å². The van der Waals surface area contributed by atoms with Crippen LogP contribution in [0.5, 0.6) is 0 Å². The van der Waals surface area contributed by atoms with E-state index in [-0.39, 0.29) is 18.0 Å². The van der Waals surface area contributed by atoms with Crippen LogP contribution in [0.1, 0.15) is 27.2 Å². The molecule has 1 unspecified atom stereocenters. The Bertz CT molecular complexity index is 758. The second-order valence-electron chi connectivity index (χ2n) is 7.08. The van der Waals surface area contributed by atoms with Gasteiger partial charge in [0.1, 0.15) is 11.4 Å². The van der Waals surface area contributed by atoms with E-state index in [0.717, 1.165) is 11.8 Å². The van der Waals surface area contributed by atoms with Gasteiger partial charge in [-0.25, -0.2) is 9.18 Å². The first-order chi connectivity index (χ1) is 11.3. The van der Waals surface area contributed by atoms with Crippen LogP contribution in [0.2, 0.25) is 0 Å². The number of hydrogen-bond acceptors (Lipinski definition) is 4. The van der Waals surface area contributed by atoms with Gasteiger partial charge in [0.2, 0.25) is 0 Å². The molecule has 2 aromatic rings. The Morgan fingerprint density at radius 3 is 2.96 bits per heavy atom. The Morgan fingerprint density at radius 1 is 1.42 bits per heavy atom. The molecule has 0 bridgehead atoms. The molecule has 0 aliphatic carbocycles. The monoisotopic (exact) mass is 331 g/mol. The SMILES string of the molecule is CC(C)(C)OC(=O)N1CCC(Nc2cc(F)cc3ncccc23)C1. The Hall–Kier alpha value is -2.37. The lowest BCUT2D eigenvalue weighted by molar-refractivity contribution is 0.0293. The Morgan fingerprint density at radius 2 is 2.21 bits per heavy atom.